The molecule has 0 saturated heterocycles. The molecule has 108 valence electrons. The lowest BCUT2D eigenvalue weighted by molar-refractivity contribution is 0.477. The van der Waals surface area contributed by atoms with Gasteiger partial charge in [0, 0.05) is 14.3 Å². The number of hydrogen-bond acceptors (Lipinski definition) is 6. The molecule has 1 aromatic rings. The van der Waals surface area contributed by atoms with Crippen LogP contribution in [0.5, 0.6) is 0 Å². The molecule has 0 spiro atoms. The van der Waals surface area contributed by atoms with Crippen molar-refractivity contribution in [3.8, 4) is 0 Å². The van der Waals surface area contributed by atoms with Crippen molar-refractivity contribution in [2.24, 2.45) is 5.14 Å². The van der Waals surface area contributed by atoms with Crippen molar-refractivity contribution >= 4 is 31.2 Å². The first kappa shape index (κ1) is 12.3. The van der Waals surface area contributed by atoms with E-state index in [1.165, 1.54) is 6.92 Å². The van der Waals surface area contributed by atoms with E-state index in [9.17, 15) is 16.8 Å². The zero-order valence-corrected chi connectivity index (χ0v) is 12.8. The van der Waals surface area contributed by atoms with Crippen LogP contribution in [0.25, 0.3) is 0 Å². The van der Waals surface area contributed by atoms with E-state index >= 15 is 0 Å². The Hall–Kier alpha value is -0.480. The van der Waals surface area contributed by atoms with Crippen LogP contribution in [-0.2, 0) is 19.9 Å². The highest BCUT2D eigenvalue weighted by Gasteiger charge is 2.39. The summed E-state index contributed by atoms with van der Waals surface area (Å²) in [5.41, 5.74) is 0.133. The van der Waals surface area contributed by atoms with Gasteiger partial charge in [-0.2, -0.15) is 0 Å². The van der Waals surface area contributed by atoms with Crippen molar-refractivity contribution in [2.75, 3.05) is 6.54 Å². The quantitative estimate of drug-likeness (QED) is 0.846. The molecule has 0 aliphatic carbocycles. The van der Waals surface area contributed by atoms with Gasteiger partial charge in [-0.15, -0.1) is 11.3 Å². The number of nitrogens with two attached hydrogens (primary N) is 1. The van der Waals surface area contributed by atoms with Gasteiger partial charge in [-0.05, 0) is 25.9 Å². The van der Waals surface area contributed by atoms with Crippen molar-refractivity contribution in [1.82, 2.24) is 5.32 Å². The molecule has 9 heteroatoms. The topological polar surface area (TPSA) is 106 Å². The maximum Gasteiger partial charge on any atom is 0.247 e. The van der Waals surface area contributed by atoms with E-state index in [1.54, 1.807) is 6.92 Å². The maximum absolute atomic E-state index is 12.4. The van der Waals surface area contributed by atoms with Crippen molar-refractivity contribution < 1.29 is 19.6 Å². The Morgan fingerprint density at radius 2 is 2.26 bits per heavy atom. The number of fused-ring (bicyclic) bond motifs is 1. The third-order valence-corrected chi connectivity index (χ3v) is 7.96. The molecule has 1 aliphatic rings. The van der Waals surface area contributed by atoms with Crippen LogP contribution in [0.3, 0.4) is 0 Å². The first-order valence-electron chi connectivity index (χ1n) is 6.57. The highest BCUT2D eigenvalue weighted by atomic mass is 32.3. The molecule has 0 saturated carbocycles. The van der Waals surface area contributed by atoms with Crippen molar-refractivity contribution in [3.05, 3.63) is 11.6 Å². The van der Waals surface area contributed by atoms with Gasteiger partial charge in [-0.25, -0.2) is 22.0 Å². The summed E-state index contributed by atoms with van der Waals surface area (Å²) in [5.74, 6) is 0. The van der Waals surface area contributed by atoms with E-state index in [1.807, 2.05) is 0 Å². The summed E-state index contributed by atoms with van der Waals surface area (Å²) in [6.45, 7) is 3.46. The Labute approximate surface area is 119 Å². The van der Waals surface area contributed by atoms with E-state index in [-0.39, 0.29) is 14.0 Å². The molecule has 0 radical (unpaired) electrons. The van der Waals surface area contributed by atoms with Crippen LogP contribution in [0, 0.1) is 0 Å². The molecule has 1 aliphatic heterocycles. The summed E-state index contributed by atoms with van der Waals surface area (Å²) in [6.07, 6.45) is -2.06. The SMILES string of the molecule is [2H]C1([2H])[C@H](NCC)c2cc(S(N)(=O)=O)sc2S(=O)(=O)[C@H]1C. The first-order valence-corrected chi connectivity index (χ1v) is 9.48. The number of nitrogens with one attached hydrogen (secondary N) is 1. The molecule has 3 N–H and O–H groups in total. The van der Waals surface area contributed by atoms with Crippen molar-refractivity contribution in [3.63, 3.8) is 0 Å². The third kappa shape index (κ3) is 2.57. The molecule has 0 amide bonds. The molecular formula is C10H16N2O4S3. The second-order valence-corrected chi connectivity index (χ2v) is 9.50. The lowest BCUT2D eigenvalue weighted by atomic mass is 10.1. The fraction of sp³-hybridized carbons (Fsp3) is 0.600. The maximum atomic E-state index is 12.4. The van der Waals surface area contributed by atoms with Gasteiger partial charge < -0.3 is 5.32 Å². The Morgan fingerprint density at radius 3 is 2.79 bits per heavy atom. The van der Waals surface area contributed by atoms with Gasteiger partial charge in [0.05, 0.1) is 5.25 Å². The lowest BCUT2D eigenvalue weighted by Gasteiger charge is -2.27. The van der Waals surface area contributed by atoms with Gasteiger partial charge in [0.15, 0.2) is 9.84 Å². The van der Waals surface area contributed by atoms with E-state index < -0.39 is 37.5 Å². The van der Waals surface area contributed by atoms with E-state index in [0.717, 1.165) is 6.07 Å². The van der Waals surface area contributed by atoms with Crippen LogP contribution in [0.2, 0.25) is 0 Å². The Kier molecular flexibility index (Phi) is 3.11. The minimum Gasteiger partial charge on any atom is -0.310 e. The van der Waals surface area contributed by atoms with E-state index in [0.29, 0.717) is 17.9 Å². The zero-order chi connectivity index (χ0) is 16.2. The number of thiophene rings is 1. The number of sulfone groups is 1. The second kappa shape index (κ2) is 4.81. The van der Waals surface area contributed by atoms with E-state index in [4.69, 9.17) is 7.88 Å². The molecule has 0 fully saturated rings. The molecule has 2 heterocycles. The number of rotatable bonds is 3. The number of sulfonamides is 1. The fourth-order valence-electron chi connectivity index (χ4n) is 1.88. The number of hydrogen-bond donors (Lipinski definition) is 2. The fourth-order valence-corrected chi connectivity index (χ4v) is 6.01. The smallest absolute Gasteiger partial charge is 0.247 e. The van der Waals surface area contributed by atoms with Gasteiger partial charge in [-0.1, -0.05) is 6.92 Å². The van der Waals surface area contributed by atoms with Gasteiger partial charge >= 0.3 is 0 Å². The van der Waals surface area contributed by atoms with Crippen LogP contribution in [0.15, 0.2) is 14.5 Å². The molecule has 1 aromatic heterocycles. The van der Waals surface area contributed by atoms with Gasteiger partial charge in [0.1, 0.15) is 8.42 Å². The zero-order valence-electron chi connectivity index (χ0n) is 12.4. The minimum absolute atomic E-state index is 0.125. The summed E-state index contributed by atoms with van der Waals surface area (Å²) < 4.78 is 63.5. The molecule has 0 unspecified atom stereocenters. The monoisotopic (exact) mass is 326 g/mol. The normalized spacial score (nSPS) is 30.3. The van der Waals surface area contributed by atoms with Crippen LogP contribution in [0.4, 0.5) is 0 Å². The van der Waals surface area contributed by atoms with Crippen LogP contribution >= 0.6 is 11.3 Å². The predicted octanol–water partition coefficient (Wildman–Crippen LogP) is 0.612. The van der Waals surface area contributed by atoms with Gasteiger partial charge in [0.2, 0.25) is 10.0 Å². The average molecular weight is 326 g/mol. The van der Waals surface area contributed by atoms with Crippen molar-refractivity contribution in [1.29, 1.82) is 0 Å². The molecular weight excluding hydrogens is 308 g/mol. The van der Waals surface area contributed by atoms with Crippen LogP contribution in [0.1, 0.15) is 34.6 Å². The van der Waals surface area contributed by atoms with Gasteiger partial charge in [0.25, 0.3) is 0 Å². The lowest BCUT2D eigenvalue weighted by Crippen LogP contribution is -2.33. The third-order valence-electron chi connectivity index (χ3n) is 2.83. The van der Waals surface area contributed by atoms with E-state index in [2.05, 4.69) is 5.32 Å². The van der Waals surface area contributed by atoms with Crippen molar-refractivity contribution in [2.45, 2.75) is 39.9 Å². The Balaban J connectivity index is 2.78. The highest BCUT2D eigenvalue weighted by Crippen LogP contribution is 2.42. The summed E-state index contributed by atoms with van der Waals surface area (Å²) in [5, 5.41) is 6.66. The molecule has 0 aromatic carbocycles. The summed E-state index contributed by atoms with van der Waals surface area (Å²) >= 11 is 0.576. The minimum atomic E-state index is -4.04. The molecule has 2 atom stereocenters. The molecule has 19 heavy (non-hydrogen) atoms. The molecule has 2 rings (SSSR count). The highest BCUT2D eigenvalue weighted by molar-refractivity contribution is 7.95. The van der Waals surface area contributed by atoms with Crippen LogP contribution < -0.4 is 10.5 Å². The Morgan fingerprint density at radius 1 is 1.63 bits per heavy atom. The van der Waals surface area contributed by atoms with Gasteiger partial charge in [-0.3, -0.25) is 0 Å². The standard InChI is InChI=1S/C10H16N2O4S3/c1-3-12-8-4-6(2)18(13,14)10-7(8)5-9(17-10)19(11,15)16/h5-6,8,12H,3-4H2,1-2H3,(H2,11,15,16)/t6-,8-/m0/s1/i4D2. The first-order chi connectivity index (χ1) is 9.44. The second-order valence-electron chi connectivity index (χ2n) is 4.20. The number of primary sulfonamides is 1. The Bertz CT molecular complexity index is 770. The summed E-state index contributed by atoms with van der Waals surface area (Å²) in [6, 6.07) is 0.256. The summed E-state index contributed by atoms with van der Waals surface area (Å²) in [4.78, 5) is 0. The largest absolute Gasteiger partial charge is 0.310 e. The molecule has 6 nitrogen and oxygen atoms in total. The average Bonchev–Trinajstić information content (AvgIpc) is 2.78. The molecule has 0 bridgehead atoms. The predicted molar refractivity (Wildman–Crippen MR) is 73.4 cm³/mol. The summed E-state index contributed by atoms with van der Waals surface area (Å²) in [7, 11) is -7.97. The van der Waals surface area contributed by atoms with Crippen LogP contribution in [-0.4, -0.2) is 28.6 Å².